The number of nitrogens with two attached hydrogens (primary N) is 1. The van der Waals surface area contributed by atoms with E-state index in [0.29, 0.717) is 0 Å². The molecule has 1 aliphatic rings. The Morgan fingerprint density at radius 3 is 2.40 bits per heavy atom. The zero-order valence-corrected chi connectivity index (χ0v) is 14.6. The minimum atomic E-state index is 0.249. The predicted octanol–water partition coefficient (Wildman–Crippen LogP) is 4.29. The lowest BCUT2D eigenvalue weighted by Crippen LogP contribution is -2.44. The SMILES string of the molecule is CCCN(CC(C)(C)CN)C1CCCC(C(C)C)CC1. The van der Waals surface area contributed by atoms with E-state index >= 15 is 0 Å². The largest absolute Gasteiger partial charge is 0.330 e. The quantitative estimate of drug-likeness (QED) is 0.706. The van der Waals surface area contributed by atoms with Gasteiger partial charge in [-0.05, 0) is 56.0 Å². The topological polar surface area (TPSA) is 29.3 Å². The van der Waals surface area contributed by atoms with Crippen LogP contribution in [0, 0.1) is 17.3 Å². The van der Waals surface area contributed by atoms with Crippen molar-refractivity contribution < 1.29 is 0 Å². The molecule has 2 unspecified atom stereocenters. The maximum absolute atomic E-state index is 5.95. The Balaban J connectivity index is 2.62. The van der Waals surface area contributed by atoms with Crippen LogP contribution in [-0.4, -0.2) is 30.6 Å². The summed E-state index contributed by atoms with van der Waals surface area (Å²) >= 11 is 0. The predicted molar refractivity (Wildman–Crippen MR) is 89.9 cm³/mol. The molecule has 0 spiro atoms. The molecule has 0 bridgehead atoms. The van der Waals surface area contributed by atoms with Gasteiger partial charge in [-0.3, -0.25) is 4.90 Å². The Labute approximate surface area is 127 Å². The molecule has 1 fully saturated rings. The third kappa shape index (κ3) is 5.73. The lowest BCUT2D eigenvalue weighted by atomic mass is 9.88. The van der Waals surface area contributed by atoms with E-state index in [4.69, 9.17) is 5.73 Å². The summed E-state index contributed by atoms with van der Waals surface area (Å²) in [5.41, 5.74) is 6.20. The van der Waals surface area contributed by atoms with Crippen molar-refractivity contribution in [2.45, 2.75) is 79.2 Å². The van der Waals surface area contributed by atoms with Crippen LogP contribution in [0.5, 0.6) is 0 Å². The second kappa shape index (κ2) is 8.38. The molecule has 2 nitrogen and oxygen atoms in total. The summed E-state index contributed by atoms with van der Waals surface area (Å²) in [5, 5.41) is 0. The van der Waals surface area contributed by atoms with Gasteiger partial charge in [-0.2, -0.15) is 0 Å². The summed E-state index contributed by atoms with van der Waals surface area (Å²) in [6.45, 7) is 14.9. The molecule has 0 aliphatic heterocycles. The Morgan fingerprint density at radius 2 is 1.85 bits per heavy atom. The van der Waals surface area contributed by atoms with Gasteiger partial charge in [-0.25, -0.2) is 0 Å². The smallest absolute Gasteiger partial charge is 0.00955 e. The summed E-state index contributed by atoms with van der Waals surface area (Å²) in [6, 6.07) is 0.796. The zero-order valence-electron chi connectivity index (χ0n) is 14.6. The first-order valence-electron chi connectivity index (χ1n) is 8.83. The van der Waals surface area contributed by atoms with E-state index in [0.717, 1.165) is 31.0 Å². The van der Waals surface area contributed by atoms with E-state index in [1.165, 1.54) is 45.1 Å². The summed E-state index contributed by atoms with van der Waals surface area (Å²) in [6.07, 6.45) is 8.31. The van der Waals surface area contributed by atoms with Crippen LogP contribution in [0.4, 0.5) is 0 Å². The van der Waals surface area contributed by atoms with Crippen molar-refractivity contribution in [1.29, 1.82) is 0 Å². The Morgan fingerprint density at radius 1 is 1.15 bits per heavy atom. The van der Waals surface area contributed by atoms with Gasteiger partial charge in [0.25, 0.3) is 0 Å². The molecule has 0 aromatic heterocycles. The molecule has 20 heavy (non-hydrogen) atoms. The fourth-order valence-corrected chi connectivity index (χ4v) is 3.63. The van der Waals surface area contributed by atoms with Gasteiger partial charge in [0.1, 0.15) is 0 Å². The van der Waals surface area contributed by atoms with Crippen LogP contribution in [0.3, 0.4) is 0 Å². The van der Waals surface area contributed by atoms with Crippen molar-refractivity contribution in [3.8, 4) is 0 Å². The number of hydrogen-bond acceptors (Lipinski definition) is 2. The number of hydrogen-bond donors (Lipinski definition) is 1. The van der Waals surface area contributed by atoms with Crippen LogP contribution in [0.1, 0.15) is 73.1 Å². The van der Waals surface area contributed by atoms with Crippen LogP contribution in [0.25, 0.3) is 0 Å². The fraction of sp³-hybridized carbons (Fsp3) is 1.00. The zero-order chi connectivity index (χ0) is 15.2. The van der Waals surface area contributed by atoms with Gasteiger partial charge in [0, 0.05) is 12.6 Å². The number of nitrogens with zero attached hydrogens (tertiary/aromatic N) is 1. The minimum Gasteiger partial charge on any atom is -0.330 e. The summed E-state index contributed by atoms with van der Waals surface area (Å²) in [4.78, 5) is 2.75. The van der Waals surface area contributed by atoms with E-state index in [2.05, 4.69) is 39.5 Å². The van der Waals surface area contributed by atoms with Crippen LogP contribution in [0.15, 0.2) is 0 Å². The third-order valence-corrected chi connectivity index (χ3v) is 5.14. The Bertz CT molecular complexity index is 260. The molecular formula is C18H38N2. The average Bonchev–Trinajstić information content (AvgIpc) is 2.64. The summed E-state index contributed by atoms with van der Waals surface area (Å²) < 4.78 is 0. The standard InChI is InChI=1S/C18H38N2/c1-6-12-20(14-18(4,5)13-19)17-9-7-8-16(10-11-17)15(2)3/h15-17H,6-14,19H2,1-5H3. The lowest BCUT2D eigenvalue weighted by Gasteiger charge is -2.37. The maximum Gasteiger partial charge on any atom is 0.00955 e. The van der Waals surface area contributed by atoms with Crippen molar-refractivity contribution in [2.75, 3.05) is 19.6 Å². The highest BCUT2D eigenvalue weighted by Gasteiger charge is 2.28. The van der Waals surface area contributed by atoms with E-state index < -0.39 is 0 Å². The molecule has 120 valence electrons. The first kappa shape index (κ1) is 18.0. The molecule has 1 aliphatic carbocycles. The van der Waals surface area contributed by atoms with Crippen LogP contribution in [-0.2, 0) is 0 Å². The van der Waals surface area contributed by atoms with E-state index in [1.807, 2.05) is 0 Å². The van der Waals surface area contributed by atoms with Gasteiger partial charge in [-0.1, -0.05) is 47.5 Å². The third-order valence-electron chi connectivity index (χ3n) is 5.14. The van der Waals surface area contributed by atoms with Crippen molar-refractivity contribution in [2.24, 2.45) is 23.0 Å². The van der Waals surface area contributed by atoms with E-state index in [9.17, 15) is 0 Å². The van der Waals surface area contributed by atoms with Crippen LogP contribution >= 0.6 is 0 Å². The molecule has 2 heteroatoms. The molecule has 0 aromatic rings. The normalized spacial score (nSPS) is 25.2. The summed E-state index contributed by atoms with van der Waals surface area (Å²) in [5.74, 6) is 1.81. The lowest BCUT2D eigenvalue weighted by molar-refractivity contribution is 0.120. The van der Waals surface area contributed by atoms with Crippen LogP contribution < -0.4 is 5.73 Å². The molecule has 0 saturated heterocycles. The highest BCUT2D eigenvalue weighted by atomic mass is 15.2. The van der Waals surface area contributed by atoms with E-state index in [1.54, 1.807) is 0 Å². The molecule has 2 N–H and O–H groups in total. The molecule has 1 saturated carbocycles. The molecular weight excluding hydrogens is 244 g/mol. The van der Waals surface area contributed by atoms with Crippen molar-refractivity contribution in [1.82, 2.24) is 4.90 Å². The van der Waals surface area contributed by atoms with Crippen LogP contribution in [0.2, 0.25) is 0 Å². The maximum atomic E-state index is 5.95. The first-order valence-corrected chi connectivity index (χ1v) is 8.83. The summed E-state index contributed by atoms with van der Waals surface area (Å²) in [7, 11) is 0. The van der Waals surface area contributed by atoms with Crippen molar-refractivity contribution >= 4 is 0 Å². The first-order chi connectivity index (χ1) is 9.39. The average molecular weight is 283 g/mol. The van der Waals surface area contributed by atoms with Gasteiger partial charge in [0.05, 0.1) is 0 Å². The molecule has 0 aromatic carbocycles. The monoisotopic (exact) mass is 282 g/mol. The second-order valence-corrected chi connectivity index (χ2v) is 8.00. The van der Waals surface area contributed by atoms with Gasteiger partial charge < -0.3 is 5.73 Å². The van der Waals surface area contributed by atoms with E-state index in [-0.39, 0.29) is 5.41 Å². The van der Waals surface area contributed by atoms with Gasteiger partial charge >= 0.3 is 0 Å². The highest BCUT2D eigenvalue weighted by Crippen LogP contribution is 2.32. The molecule has 2 atom stereocenters. The molecule has 0 radical (unpaired) electrons. The molecule has 1 rings (SSSR count). The molecule has 0 heterocycles. The Kier molecular flexibility index (Phi) is 7.53. The highest BCUT2D eigenvalue weighted by molar-refractivity contribution is 4.83. The van der Waals surface area contributed by atoms with Gasteiger partial charge in [0.2, 0.25) is 0 Å². The van der Waals surface area contributed by atoms with Gasteiger partial charge in [0.15, 0.2) is 0 Å². The second-order valence-electron chi connectivity index (χ2n) is 8.00. The van der Waals surface area contributed by atoms with Gasteiger partial charge in [-0.15, -0.1) is 0 Å². The van der Waals surface area contributed by atoms with Crippen molar-refractivity contribution in [3.05, 3.63) is 0 Å². The Hall–Kier alpha value is -0.0800. The van der Waals surface area contributed by atoms with Crippen molar-refractivity contribution in [3.63, 3.8) is 0 Å². The number of rotatable bonds is 7. The molecule has 0 amide bonds. The fourth-order valence-electron chi connectivity index (χ4n) is 3.63. The minimum absolute atomic E-state index is 0.249.